The van der Waals surface area contributed by atoms with Gasteiger partial charge in [-0.05, 0) is 23.6 Å². The standard InChI is InChI=1S/C17H14OS8/c1-3-19-14-15(20-4-2)26-17(25-14)16-23-11(12(18)24-16)13-21-9-7-5-6-8-10(9)22-13/h5-8H,3-4H2,1-2H3. The zero-order chi connectivity index (χ0) is 18.1. The van der Waals surface area contributed by atoms with Gasteiger partial charge in [0.2, 0.25) is 0 Å². The topological polar surface area (TPSA) is 17.1 Å². The van der Waals surface area contributed by atoms with Gasteiger partial charge in [0.05, 0.1) is 16.9 Å². The van der Waals surface area contributed by atoms with E-state index in [2.05, 4.69) is 38.1 Å². The Morgan fingerprint density at radius 3 is 1.92 bits per heavy atom. The summed E-state index contributed by atoms with van der Waals surface area (Å²) in [5.41, 5.74) is 0. The van der Waals surface area contributed by atoms with Gasteiger partial charge in [-0.2, -0.15) is 0 Å². The summed E-state index contributed by atoms with van der Waals surface area (Å²) >= 11 is 14.1. The Kier molecular flexibility index (Phi) is 6.89. The lowest BCUT2D eigenvalue weighted by atomic mass is 10.4. The third-order valence-corrected chi connectivity index (χ3v) is 14.3. The molecule has 1 nitrogen and oxygen atoms in total. The second-order valence-electron chi connectivity index (χ2n) is 4.98. The average molecular weight is 491 g/mol. The third-order valence-electron chi connectivity index (χ3n) is 3.26. The lowest BCUT2D eigenvalue weighted by Gasteiger charge is -1.99. The minimum absolute atomic E-state index is 0.197. The molecule has 0 bridgehead atoms. The monoisotopic (exact) mass is 490 g/mol. The van der Waals surface area contributed by atoms with Crippen molar-refractivity contribution in [2.45, 2.75) is 23.6 Å². The first-order valence-corrected chi connectivity index (χ1v) is 14.8. The van der Waals surface area contributed by atoms with Crippen LogP contribution in [0.5, 0.6) is 0 Å². The summed E-state index contributed by atoms with van der Waals surface area (Å²) in [4.78, 5) is 15.2. The smallest absolute Gasteiger partial charge is 0.252 e. The normalized spacial score (nSPS) is 16.7. The maximum Gasteiger partial charge on any atom is 0.252 e. The Balaban J connectivity index is 1.72. The molecule has 2 aliphatic heterocycles. The van der Waals surface area contributed by atoms with Crippen molar-refractivity contribution in [1.82, 2.24) is 0 Å². The van der Waals surface area contributed by atoms with Crippen molar-refractivity contribution in [2.24, 2.45) is 0 Å². The van der Waals surface area contributed by atoms with Gasteiger partial charge in [0.15, 0.2) is 0 Å². The molecule has 0 saturated carbocycles. The van der Waals surface area contributed by atoms with E-state index >= 15 is 0 Å². The molecule has 2 aliphatic rings. The molecule has 0 aliphatic carbocycles. The molecule has 9 heteroatoms. The van der Waals surface area contributed by atoms with Gasteiger partial charge in [-0.1, -0.05) is 84.4 Å². The molecule has 0 saturated heterocycles. The molecule has 0 unspecified atom stereocenters. The highest BCUT2D eigenvalue weighted by molar-refractivity contribution is 8.45. The molecule has 1 aromatic carbocycles. The second-order valence-corrected chi connectivity index (χ2v) is 15.0. The van der Waals surface area contributed by atoms with E-state index in [4.69, 9.17) is 0 Å². The summed E-state index contributed by atoms with van der Waals surface area (Å²) in [6.45, 7) is 4.39. The van der Waals surface area contributed by atoms with Gasteiger partial charge in [-0.15, -0.1) is 34.9 Å². The van der Waals surface area contributed by atoms with E-state index in [1.807, 2.05) is 47.0 Å². The first-order chi connectivity index (χ1) is 12.7. The van der Waals surface area contributed by atoms with Crippen LogP contribution >= 0.6 is 93.2 Å². The van der Waals surface area contributed by atoms with Crippen LogP contribution in [0.25, 0.3) is 8.47 Å². The van der Waals surface area contributed by atoms with E-state index in [-0.39, 0.29) is 4.74 Å². The highest BCUT2D eigenvalue weighted by Gasteiger charge is 2.24. The first-order valence-electron chi connectivity index (χ1n) is 7.88. The average Bonchev–Trinajstić information content (AvgIpc) is 3.32. The first kappa shape index (κ1) is 19.9. The lowest BCUT2D eigenvalue weighted by Crippen LogP contribution is -2.14. The van der Waals surface area contributed by atoms with Gasteiger partial charge in [0.1, 0.15) is 8.38 Å². The predicted molar refractivity (Wildman–Crippen MR) is 131 cm³/mol. The van der Waals surface area contributed by atoms with E-state index in [1.54, 1.807) is 34.9 Å². The van der Waals surface area contributed by atoms with Crippen molar-refractivity contribution in [3.63, 3.8) is 0 Å². The van der Waals surface area contributed by atoms with Crippen LogP contribution in [0.1, 0.15) is 13.8 Å². The molecule has 0 amide bonds. The van der Waals surface area contributed by atoms with Gasteiger partial charge in [0, 0.05) is 9.79 Å². The van der Waals surface area contributed by atoms with E-state index < -0.39 is 0 Å². The lowest BCUT2D eigenvalue weighted by molar-refractivity contribution is 1.27. The van der Waals surface area contributed by atoms with Crippen molar-refractivity contribution in [3.05, 3.63) is 50.7 Å². The maximum absolute atomic E-state index is 12.7. The number of thioether (sulfide) groups is 6. The van der Waals surface area contributed by atoms with Crippen LogP contribution < -0.4 is 13.1 Å². The summed E-state index contributed by atoms with van der Waals surface area (Å²) in [7, 11) is 0. The largest absolute Gasteiger partial charge is 0.276 e. The summed E-state index contributed by atoms with van der Waals surface area (Å²) < 4.78 is 7.48. The molecular formula is C17H14OS8. The summed E-state index contributed by atoms with van der Waals surface area (Å²) in [6, 6.07) is 8.38. The molecule has 4 rings (SSSR count). The highest BCUT2D eigenvalue weighted by Crippen LogP contribution is 2.57. The Hall–Kier alpha value is 0.650. The number of hydrogen-bond donors (Lipinski definition) is 0. The zero-order valence-corrected chi connectivity index (χ0v) is 20.4. The number of benzene rings is 1. The molecule has 1 aromatic heterocycles. The minimum atomic E-state index is 0.197. The molecule has 0 atom stereocenters. The molecule has 0 N–H and O–H groups in total. The number of fused-ring (bicyclic) bond motifs is 1. The Morgan fingerprint density at radius 2 is 1.38 bits per heavy atom. The van der Waals surface area contributed by atoms with Crippen LogP contribution in [0.4, 0.5) is 0 Å². The second kappa shape index (κ2) is 8.98. The van der Waals surface area contributed by atoms with Crippen LogP contribution in [0.15, 0.2) is 47.3 Å². The highest BCUT2D eigenvalue weighted by atomic mass is 32.3. The molecule has 3 heterocycles. The van der Waals surface area contributed by atoms with Crippen LogP contribution in [-0.4, -0.2) is 11.5 Å². The van der Waals surface area contributed by atoms with Gasteiger partial charge in [-0.25, -0.2) is 0 Å². The fraction of sp³-hybridized carbons (Fsp3) is 0.235. The molecule has 0 fully saturated rings. The fourth-order valence-electron chi connectivity index (χ4n) is 2.22. The Labute approximate surface area is 186 Å². The van der Waals surface area contributed by atoms with Crippen LogP contribution in [0, 0.1) is 0 Å². The van der Waals surface area contributed by atoms with Crippen molar-refractivity contribution in [3.8, 4) is 0 Å². The fourth-order valence-corrected chi connectivity index (χ4v) is 13.3. The van der Waals surface area contributed by atoms with E-state index in [0.717, 1.165) is 24.1 Å². The number of rotatable bonds is 4. The van der Waals surface area contributed by atoms with Crippen LogP contribution in [0.3, 0.4) is 0 Å². The Bertz CT molecular complexity index is 998. The van der Waals surface area contributed by atoms with Gasteiger partial charge < -0.3 is 0 Å². The Morgan fingerprint density at radius 1 is 0.808 bits per heavy atom. The summed E-state index contributed by atoms with van der Waals surface area (Å²) in [6.07, 6.45) is 0. The summed E-state index contributed by atoms with van der Waals surface area (Å²) in [5, 5.41) is 0. The van der Waals surface area contributed by atoms with Crippen LogP contribution in [-0.2, 0) is 0 Å². The van der Waals surface area contributed by atoms with Crippen LogP contribution in [0.2, 0.25) is 0 Å². The molecule has 26 heavy (non-hydrogen) atoms. The molecular weight excluding hydrogens is 477 g/mol. The molecule has 2 aromatic rings. The van der Waals surface area contributed by atoms with Gasteiger partial charge >= 0.3 is 0 Å². The van der Waals surface area contributed by atoms with Crippen molar-refractivity contribution >= 4 is 102 Å². The van der Waals surface area contributed by atoms with Crippen molar-refractivity contribution in [1.29, 1.82) is 0 Å². The maximum atomic E-state index is 12.7. The zero-order valence-electron chi connectivity index (χ0n) is 13.9. The van der Waals surface area contributed by atoms with Gasteiger partial charge in [-0.3, -0.25) is 4.79 Å². The van der Waals surface area contributed by atoms with E-state index in [0.29, 0.717) is 0 Å². The van der Waals surface area contributed by atoms with Gasteiger partial charge in [0.25, 0.3) is 4.74 Å². The minimum Gasteiger partial charge on any atom is -0.276 e. The van der Waals surface area contributed by atoms with E-state index in [1.165, 1.54) is 33.8 Å². The molecule has 136 valence electrons. The summed E-state index contributed by atoms with van der Waals surface area (Å²) in [5.74, 6) is 2.17. The van der Waals surface area contributed by atoms with Crippen molar-refractivity contribution in [2.75, 3.05) is 11.5 Å². The van der Waals surface area contributed by atoms with Crippen molar-refractivity contribution < 1.29 is 0 Å². The van der Waals surface area contributed by atoms with E-state index in [9.17, 15) is 4.79 Å². The molecule has 0 radical (unpaired) electrons. The predicted octanol–water partition coefficient (Wildman–Crippen LogP) is 6.31. The quantitative estimate of drug-likeness (QED) is 0.493. The SMILES string of the molecule is CCSC1=C(SCC)SC(=c2sc(=O)c(=C3Sc4ccccc4S3)s2)S1. The molecule has 0 spiro atoms. The third kappa shape index (κ3) is 4.15. The number of hydrogen-bond acceptors (Lipinski definition) is 9.